The number of benzene rings is 3. The van der Waals surface area contributed by atoms with Crippen molar-refractivity contribution in [3.63, 3.8) is 0 Å². The number of nitrogens with two attached hydrogens (primary N) is 2. The first-order valence-electron chi connectivity index (χ1n) is 16.0. The number of carbonyl (C=O) groups excluding carboxylic acids is 2. The van der Waals surface area contributed by atoms with E-state index in [1.807, 2.05) is 30.1 Å². The number of hydrogen-bond acceptors (Lipinski definition) is 6. The zero-order valence-electron chi connectivity index (χ0n) is 26.3. The van der Waals surface area contributed by atoms with Gasteiger partial charge in [0.05, 0.1) is 25.4 Å². The largest absolute Gasteiger partial charge is 0.496 e. The number of hydrogen-bond donors (Lipinski definition) is 2. The van der Waals surface area contributed by atoms with Crippen LogP contribution >= 0.6 is 0 Å². The molecular weight excluding hydrogens is 580 g/mol. The molecule has 0 radical (unpaired) electrons. The number of carbonyl (C=O) groups is 2. The van der Waals surface area contributed by atoms with Gasteiger partial charge in [-0.1, -0.05) is 12.1 Å². The lowest BCUT2D eigenvalue weighted by Gasteiger charge is -2.27. The molecule has 10 heteroatoms. The third kappa shape index (κ3) is 4.46. The molecule has 3 aliphatic rings. The number of likely N-dealkylation sites (tertiary alicyclic amines) is 1. The molecule has 3 aromatic carbocycles. The van der Waals surface area contributed by atoms with Crippen molar-refractivity contribution in [3.05, 3.63) is 65.7 Å². The molecule has 3 heterocycles. The molecule has 3 atom stereocenters. The van der Waals surface area contributed by atoms with Crippen molar-refractivity contribution in [1.29, 1.82) is 0 Å². The van der Waals surface area contributed by atoms with Gasteiger partial charge in [-0.3, -0.25) is 9.59 Å². The van der Waals surface area contributed by atoms with Crippen LogP contribution in [0.2, 0.25) is 0 Å². The minimum Gasteiger partial charge on any atom is -0.496 e. The summed E-state index contributed by atoms with van der Waals surface area (Å²) in [5, 5.41) is 1.10. The highest BCUT2D eigenvalue weighted by Gasteiger charge is 2.47. The molecule has 3 unspecified atom stereocenters. The van der Waals surface area contributed by atoms with Gasteiger partial charge in [0, 0.05) is 59.8 Å². The van der Waals surface area contributed by atoms with Gasteiger partial charge in [-0.25, -0.2) is 4.98 Å². The summed E-state index contributed by atoms with van der Waals surface area (Å²) in [6.07, 6.45) is 4.45. The smallest absolute Gasteiger partial charge is 0.254 e. The van der Waals surface area contributed by atoms with Crippen LogP contribution in [0.4, 0.5) is 0 Å². The molecule has 0 spiro atoms. The summed E-state index contributed by atoms with van der Waals surface area (Å²) < 4.78 is 16.0. The summed E-state index contributed by atoms with van der Waals surface area (Å²) in [7, 11) is 5.24. The summed E-state index contributed by atoms with van der Waals surface area (Å²) in [4.78, 5) is 32.6. The van der Waals surface area contributed by atoms with E-state index in [1.54, 1.807) is 26.4 Å². The van der Waals surface area contributed by atoms with Crippen molar-refractivity contribution >= 4 is 33.8 Å². The molecule has 2 aromatic heterocycles. The molecule has 46 heavy (non-hydrogen) atoms. The summed E-state index contributed by atoms with van der Waals surface area (Å²) in [6, 6.07) is 17.8. The number of amides is 2. The Labute approximate surface area is 266 Å². The first kappa shape index (κ1) is 28.6. The quantitative estimate of drug-likeness (QED) is 0.253. The van der Waals surface area contributed by atoms with Crippen molar-refractivity contribution in [1.82, 2.24) is 19.0 Å². The molecular formula is C36H38N6O4. The lowest BCUT2D eigenvalue weighted by Crippen LogP contribution is -2.41. The Bertz CT molecular complexity index is 2060. The topological polar surface area (TPSA) is 131 Å². The molecule has 8 rings (SSSR count). The second-order valence-corrected chi connectivity index (χ2v) is 13.1. The highest BCUT2D eigenvalue weighted by molar-refractivity contribution is 6.01. The fourth-order valence-electron chi connectivity index (χ4n) is 7.71. The molecule has 5 aromatic rings. The molecule has 1 aliphatic heterocycles. The number of fused-ring (bicyclic) bond motifs is 4. The lowest BCUT2D eigenvalue weighted by atomic mass is 10.0. The Morgan fingerprint density at radius 1 is 0.935 bits per heavy atom. The summed E-state index contributed by atoms with van der Waals surface area (Å²) in [6.45, 7) is 1.59. The standard InChI is InChI=1S/C36H38N6O4/c1-40-33-26(12-24(16-31(33)46-3)36(44)42-18-23-9-11-27(42)32(23)37)39-35(40)29-14-21-7-6-20(13-28(21)41(29)17-19-4-5-19)25-10-8-22(34(38)43)15-30(25)45-2/h6-8,10,12-16,19,23,27,32H,4-5,9,11,17-18,37H2,1-3H3,(H2,38,43). The van der Waals surface area contributed by atoms with E-state index in [1.165, 1.54) is 12.8 Å². The van der Waals surface area contributed by atoms with E-state index < -0.39 is 5.91 Å². The SMILES string of the molecule is COc1cc(C(N)=O)ccc1-c1ccc2cc(-c3nc4cc(C(=O)N5CC6CCC5C6N)cc(OC)c4n3C)n(CC3CC3)c2c1. The van der Waals surface area contributed by atoms with Crippen LogP contribution in [0.5, 0.6) is 11.5 Å². The second-order valence-electron chi connectivity index (χ2n) is 13.1. The maximum absolute atomic E-state index is 13.7. The van der Waals surface area contributed by atoms with Gasteiger partial charge in [-0.2, -0.15) is 0 Å². The van der Waals surface area contributed by atoms with Crippen molar-refractivity contribution in [3.8, 4) is 34.1 Å². The van der Waals surface area contributed by atoms with E-state index in [-0.39, 0.29) is 18.0 Å². The van der Waals surface area contributed by atoms with Gasteiger partial charge in [0.15, 0.2) is 5.82 Å². The van der Waals surface area contributed by atoms with E-state index >= 15 is 0 Å². The van der Waals surface area contributed by atoms with Gasteiger partial charge in [0.1, 0.15) is 17.0 Å². The number of piperidine rings is 1. The third-order valence-corrected chi connectivity index (χ3v) is 10.4. The minimum absolute atomic E-state index is 0.00952. The zero-order chi connectivity index (χ0) is 31.9. The van der Waals surface area contributed by atoms with Gasteiger partial charge >= 0.3 is 0 Å². The van der Waals surface area contributed by atoms with Crippen LogP contribution in [0.25, 0.3) is 44.6 Å². The van der Waals surface area contributed by atoms with E-state index in [4.69, 9.17) is 25.9 Å². The van der Waals surface area contributed by atoms with Crippen LogP contribution < -0.4 is 20.9 Å². The Morgan fingerprint density at radius 3 is 2.39 bits per heavy atom. The van der Waals surface area contributed by atoms with Gasteiger partial charge in [-0.05, 0) is 85.5 Å². The Balaban J connectivity index is 1.24. The predicted molar refractivity (Wildman–Crippen MR) is 177 cm³/mol. The second kappa shape index (κ2) is 10.6. The van der Waals surface area contributed by atoms with Crippen LogP contribution in [-0.2, 0) is 13.6 Å². The van der Waals surface area contributed by atoms with Crippen molar-refractivity contribution in [2.45, 2.75) is 44.3 Å². The van der Waals surface area contributed by atoms with Crippen molar-refractivity contribution < 1.29 is 19.1 Å². The van der Waals surface area contributed by atoms with Gasteiger partial charge in [0.2, 0.25) is 5.91 Å². The van der Waals surface area contributed by atoms with Crippen molar-refractivity contribution in [2.24, 2.45) is 30.4 Å². The molecule has 1 saturated heterocycles. The average molecular weight is 619 g/mol. The van der Waals surface area contributed by atoms with Crippen LogP contribution in [0, 0.1) is 11.8 Å². The molecule has 3 fully saturated rings. The Kier molecular flexibility index (Phi) is 6.61. The maximum Gasteiger partial charge on any atom is 0.254 e. The summed E-state index contributed by atoms with van der Waals surface area (Å²) >= 11 is 0. The number of aromatic nitrogens is 3. The number of primary amides is 1. The van der Waals surface area contributed by atoms with Gasteiger partial charge < -0.3 is 35.0 Å². The van der Waals surface area contributed by atoms with E-state index in [0.717, 1.165) is 64.0 Å². The summed E-state index contributed by atoms with van der Waals surface area (Å²) in [5.41, 5.74) is 18.4. The van der Waals surface area contributed by atoms with Crippen LogP contribution in [0.1, 0.15) is 46.4 Å². The number of rotatable bonds is 8. The normalized spacial score (nSPS) is 20.6. The van der Waals surface area contributed by atoms with Gasteiger partial charge in [-0.15, -0.1) is 0 Å². The first-order chi connectivity index (χ1) is 22.2. The molecule has 10 nitrogen and oxygen atoms in total. The molecule has 2 amide bonds. The Hall–Kier alpha value is -4.83. The minimum atomic E-state index is -0.494. The predicted octanol–water partition coefficient (Wildman–Crippen LogP) is 4.95. The van der Waals surface area contributed by atoms with Crippen LogP contribution in [0.15, 0.2) is 54.6 Å². The monoisotopic (exact) mass is 618 g/mol. The zero-order valence-corrected chi connectivity index (χ0v) is 26.3. The summed E-state index contributed by atoms with van der Waals surface area (Å²) in [5.74, 6) is 2.50. The fraction of sp³-hybridized carbons (Fsp3) is 0.361. The van der Waals surface area contributed by atoms with Crippen molar-refractivity contribution in [2.75, 3.05) is 20.8 Å². The molecule has 4 N–H and O–H groups in total. The maximum atomic E-state index is 13.7. The van der Waals surface area contributed by atoms with Gasteiger partial charge in [0.25, 0.3) is 5.91 Å². The van der Waals surface area contributed by atoms with Crippen LogP contribution in [-0.4, -0.2) is 63.7 Å². The molecule has 2 saturated carbocycles. The molecule has 236 valence electrons. The number of methoxy groups -OCH3 is 2. The Morgan fingerprint density at radius 2 is 1.72 bits per heavy atom. The van der Waals surface area contributed by atoms with E-state index in [9.17, 15) is 9.59 Å². The molecule has 2 bridgehead atoms. The number of ether oxygens (including phenoxy) is 2. The highest BCUT2D eigenvalue weighted by Crippen LogP contribution is 2.41. The third-order valence-electron chi connectivity index (χ3n) is 10.4. The fourth-order valence-corrected chi connectivity index (χ4v) is 7.71. The lowest BCUT2D eigenvalue weighted by molar-refractivity contribution is 0.0700. The average Bonchev–Trinajstić information content (AvgIpc) is 3.47. The number of nitrogens with zero attached hydrogens (tertiary/aromatic N) is 4. The van der Waals surface area contributed by atoms with E-state index in [0.29, 0.717) is 41.0 Å². The molecule has 2 aliphatic carbocycles. The van der Waals surface area contributed by atoms with E-state index in [2.05, 4.69) is 33.4 Å². The number of imidazole rings is 1. The van der Waals surface area contributed by atoms with Crippen LogP contribution in [0.3, 0.4) is 0 Å². The first-order valence-corrected chi connectivity index (χ1v) is 16.0. The highest BCUT2D eigenvalue weighted by atomic mass is 16.5. The number of aryl methyl sites for hydroxylation is 1.